The number of aryl methyl sites for hydroxylation is 2. The van der Waals surface area contributed by atoms with E-state index in [4.69, 9.17) is 4.42 Å². The second-order valence-corrected chi connectivity index (χ2v) is 5.98. The molecule has 0 unspecified atom stereocenters. The summed E-state index contributed by atoms with van der Waals surface area (Å²) in [7, 11) is 0. The molecule has 0 saturated heterocycles. The highest BCUT2D eigenvalue weighted by atomic mass is 32.1. The lowest BCUT2D eigenvalue weighted by molar-refractivity contribution is 0.0953. The van der Waals surface area contributed by atoms with Gasteiger partial charge in [-0.25, -0.2) is 10.4 Å². The molecule has 0 bridgehead atoms. The zero-order valence-corrected chi connectivity index (χ0v) is 13.3. The lowest BCUT2D eigenvalue weighted by Crippen LogP contribution is -2.19. The largest absolute Gasteiger partial charge is 0.466 e. The summed E-state index contributed by atoms with van der Waals surface area (Å²) in [6.45, 7) is 5.39. The van der Waals surface area contributed by atoms with Crippen molar-refractivity contribution in [2.75, 3.05) is 0 Å². The molecular weight excluding hydrogens is 298 g/mol. The van der Waals surface area contributed by atoms with Crippen molar-refractivity contribution in [1.29, 1.82) is 0 Å². The van der Waals surface area contributed by atoms with Crippen molar-refractivity contribution in [2.45, 2.75) is 20.8 Å². The Morgan fingerprint density at radius 1 is 1.32 bits per heavy atom. The van der Waals surface area contributed by atoms with Gasteiger partial charge in [-0.15, -0.1) is 11.3 Å². The molecule has 1 aromatic carbocycles. The number of hydrazone groups is 1. The summed E-state index contributed by atoms with van der Waals surface area (Å²) in [6.07, 6.45) is 0. The van der Waals surface area contributed by atoms with Crippen LogP contribution in [0, 0.1) is 13.8 Å². The van der Waals surface area contributed by atoms with E-state index in [9.17, 15) is 4.79 Å². The third-order valence-corrected chi connectivity index (χ3v) is 4.36. The summed E-state index contributed by atoms with van der Waals surface area (Å²) in [4.78, 5) is 16.6. The zero-order valence-electron chi connectivity index (χ0n) is 12.5. The number of hydrogen-bond donors (Lipinski definition) is 1. The average molecular weight is 313 g/mol. The van der Waals surface area contributed by atoms with E-state index in [0.717, 1.165) is 15.2 Å². The van der Waals surface area contributed by atoms with E-state index in [-0.39, 0.29) is 5.91 Å². The van der Waals surface area contributed by atoms with Crippen LogP contribution in [-0.4, -0.2) is 16.6 Å². The predicted molar refractivity (Wildman–Crippen MR) is 87.5 cm³/mol. The van der Waals surface area contributed by atoms with Crippen LogP contribution < -0.4 is 5.43 Å². The predicted octanol–water partition coefficient (Wildman–Crippen LogP) is 3.66. The SMILES string of the molecule is C/C(=N/NC(=O)c1cc(C)oc1C)c1nc2ccccc2s1. The standard InChI is InChI=1S/C16H15N3O2S/c1-9-8-12(11(3)21-9)15(20)19-18-10(2)16-17-13-6-4-5-7-14(13)22-16/h4-8H,1-3H3,(H,19,20)/b18-10-. The Hall–Kier alpha value is -2.47. The van der Waals surface area contributed by atoms with E-state index >= 15 is 0 Å². The lowest BCUT2D eigenvalue weighted by atomic mass is 10.2. The number of nitrogens with one attached hydrogen (secondary N) is 1. The van der Waals surface area contributed by atoms with Crippen molar-refractivity contribution in [3.8, 4) is 0 Å². The zero-order chi connectivity index (χ0) is 15.7. The van der Waals surface area contributed by atoms with Gasteiger partial charge in [0.25, 0.3) is 5.91 Å². The van der Waals surface area contributed by atoms with Gasteiger partial charge in [0.15, 0.2) is 0 Å². The number of carbonyl (C=O) groups is 1. The average Bonchev–Trinajstić information content (AvgIpc) is 3.07. The van der Waals surface area contributed by atoms with Crippen molar-refractivity contribution in [3.63, 3.8) is 0 Å². The number of benzene rings is 1. The molecule has 0 aliphatic heterocycles. The molecule has 3 aromatic rings. The van der Waals surface area contributed by atoms with Crippen molar-refractivity contribution in [1.82, 2.24) is 10.4 Å². The fraction of sp³-hybridized carbons (Fsp3) is 0.188. The number of thiazole rings is 1. The third-order valence-electron chi connectivity index (χ3n) is 3.21. The number of amides is 1. The van der Waals surface area contributed by atoms with E-state index < -0.39 is 0 Å². The molecule has 0 aliphatic rings. The quantitative estimate of drug-likeness (QED) is 0.592. The Balaban J connectivity index is 1.79. The molecule has 3 rings (SSSR count). The number of carbonyl (C=O) groups excluding carboxylic acids is 1. The van der Waals surface area contributed by atoms with Gasteiger partial charge in [-0.1, -0.05) is 12.1 Å². The van der Waals surface area contributed by atoms with Crippen LogP contribution >= 0.6 is 11.3 Å². The minimum absolute atomic E-state index is 0.283. The molecule has 1 amide bonds. The minimum Gasteiger partial charge on any atom is -0.466 e. The fourth-order valence-electron chi connectivity index (χ4n) is 2.13. The highest BCUT2D eigenvalue weighted by Crippen LogP contribution is 2.22. The first-order valence-electron chi connectivity index (χ1n) is 6.82. The maximum absolute atomic E-state index is 12.1. The maximum atomic E-state index is 12.1. The minimum atomic E-state index is -0.283. The molecule has 5 nitrogen and oxygen atoms in total. The van der Waals surface area contributed by atoms with Gasteiger partial charge < -0.3 is 4.42 Å². The monoisotopic (exact) mass is 313 g/mol. The highest BCUT2D eigenvalue weighted by Gasteiger charge is 2.13. The molecule has 0 spiro atoms. The summed E-state index contributed by atoms with van der Waals surface area (Å²) < 4.78 is 6.44. The van der Waals surface area contributed by atoms with Crippen LogP contribution in [0.1, 0.15) is 33.8 Å². The van der Waals surface area contributed by atoms with Gasteiger partial charge in [-0.3, -0.25) is 4.79 Å². The molecular formula is C16H15N3O2S. The molecule has 22 heavy (non-hydrogen) atoms. The summed E-state index contributed by atoms with van der Waals surface area (Å²) in [5.74, 6) is 1.01. The number of hydrogen-bond acceptors (Lipinski definition) is 5. The van der Waals surface area contributed by atoms with Crippen LogP contribution in [0.3, 0.4) is 0 Å². The van der Waals surface area contributed by atoms with Crippen molar-refractivity contribution >= 4 is 33.2 Å². The van der Waals surface area contributed by atoms with Crippen molar-refractivity contribution < 1.29 is 9.21 Å². The Morgan fingerprint density at radius 2 is 2.09 bits per heavy atom. The lowest BCUT2D eigenvalue weighted by Gasteiger charge is -1.99. The second kappa shape index (κ2) is 5.73. The van der Waals surface area contributed by atoms with Crippen LogP contribution in [0.4, 0.5) is 0 Å². The number of aromatic nitrogens is 1. The number of furan rings is 1. The Bertz CT molecular complexity index is 844. The van der Waals surface area contributed by atoms with Gasteiger partial charge in [0, 0.05) is 0 Å². The van der Waals surface area contributed by atoms with Crippen molar-refractivity contribution in [2.24, 2.45) is 5.10 Å². The van der Waals surface area contributed by atoms with Gasteiger partial charge in [0.2, 0.25) is 0 Å². The Morgan fingerprint density at radius 3 is 2.77 bits per heavy atom. The first kappa shape index (κ1) is 14.5. The summed E-state index contributed by atoms with van der Waals surface area (Å²) in [5, 5.41) is 4.93. The fourth-order valence-corrected chi connectivity index (χ4v) is 3.04. The molecule has 0 saturated carbocycles. The van der Waals surface area contributed by atoms with Crippen LogP contribution in [0.15, 0.2) is 39.9 Å². The van der Waals surface area contributed by atoms with Crippen LogP contribution in [0.5, 0.6) is 0 Å². The number of rotatable bonds is 3. The van der Waals surface area contributed by atoms with Crippen LogP contribution in [-0.2, 0) is 0 Å². The molecule has 0 atom stereocenters. The molecule has 2 aromatic heterocycles. The summed E-state index contributed by atoms with van der Waals surface area (Å²) >= 11 is 1.55. The number of fused-ring (bicyclic) bond motifs is 1. The maximum Gasteiger partial charge on any atom is 0.274 e. The number of para-hydroxylation sites is 1. The van der Waals surface area contributed by atoms with E-state index in [0.29, 0.717) is 22.8 Å². The van der Waals surface area contributed by atoms with Crippen LogP contribution in [0.2, 0.25) is 0 Å². The molecule has 112 valence electrons. The first-order chi connectivity index (χ1) is 10.5. The molecule has 0 radical (unpaired) electrons. The van der Waals surface area contributed by atoms with Gasteiger partial charge in [-0.05, 0) is 39.0 Å². The summed E-state index contributed by atoms with van der Waals surface area (Å²) in [5.41, 5.74) is 4.66. The van der Waals surface area contributed by atoms with Gasteiger partial charge in [0.1, 0.15) is 16.5 Å². The van der Waals surface area contributed by atoms with Crippen LogP contribution in [0.25, 0.3) is 10.2 Å². The molecule has 6 heteroatoms. The third kappa shape index (κ3) is 2.78. The second-order valence-electron chi connectivity index (χ2n) is 4.95. The Kier molecular flexibility index (Phi) is 3.77. The van der Waals surface area contributed by atoms with E-state index in [1.807, 2.05) is 31.2 Å². The molecule has 2 heterocycles. The molecule has 1 N–H and O–H groups in total. The van der Waals surface area contributed by atoms with Gasteiger partial charge in [0.05, 0.1) is 21.5 Å². The van der Waals surface area contributed by atoms with E-state index in [1.165, 1.54) is 0 Å². The highest BCUT2D eigenvalue weighted by molar-refractivity contribution is 7.20. The van der Waals surface area contributed by atoms with E-state index in [1.54, 1.807) is 31.3 Å². The van der Waals surface area contributed by atoms with Gasteiger partial charge >= 0.3 is 0 Å². The topological polar surface area (TPSA) is 67.5 Å². The molecule has 0 aliphatic carbocycles. The van der Waals surface area contributed by atoms with Gasteiger partial charge in [-0.2, -0.15) is 5.10 Å². The van der Waals surface area contributed by atoms with E-state index in [2.05, 4.69) is 15.5 Å². The number of nitrogens with zero attached hydrogens (tertiary/aromatic N) is 2. The normalized spacial score (nSPS) is 11.9. The Labute approximate surface area is 131 Å². The smallest absolute Gasteiger partial charge is 0.274 e. The van der Waals surface area contributed by atoms with Crippen molar-refractivity contribution in [3.05, 3.63) is 52.4 Å². The summed E-state index contributed by atoms with van der Waals surface area (Å²) in [6, 6.07) is 9.60. The first-order valence-corrected chi connectivity index (χ1v) is 7.64. The molecule has 0 fully saturated rings.